The summed E-state index contributed by atoms with van der Waals surface area (Å²) >= 11 is 2.23. The van der Waals surface area contributed by atoms with Gasteiger partial charge in [-0.15, -0.1) is 0 Å². The van der Waals surface area contributed by atoms with Gasteiger partial charge in [0.05, 0.1) is 46.9 Å². The number of H-pyrrole nitrogens is 1. The lowest BCUT2D eigenvalue weighted by molar-refractivity contribution is -0.115. The van der Waals surface area contributed by atoms with Crippen LogP contribution in [0, 0.1) is 32.6 Å². The fraction of sp³-hybridized carbons (Fsp3) is 0.164. The van der Waals surface area contributed by atoms with Gasteiger partial charge in [0.1, 0.15) is 34.0 Å². The van der Waals surface area contributed by atoms with Crippen molar-refractivity contribution in [2.45, 2.75) is 48.3 Å². The predicted octanol–water partition coefficient (Wildman–Crippen LogP) is 9.60. The van der Waals surface area contributed by atoms with E-state index >= 15 is 0 Å². The number of halogens is 7. The van der Waals surface area contributed by atoms with E-state index in [-0.39, 0.29) is 88.3 Å². The van der Waals surface area contributed by atoms with Gasteiger partial charge in [-0.1, -0.05) is 43.8 Å². The summed E-state index contributed by atoms with van der Waals surface area (Å²) in [5.41, 5.74) is -0.627. The van der Waals surface area contributed by atoms with Gasteiger partial charge in [-0.2, -0.15) is 0 Å². The van der Waals surface area contributed by atoms with Gasteiger partial charge in [0.25, 0.3) is 22.2 Å². The summed E-state index contributed by atoms with van der Waals surface area (Å²) < 4.78 is 36.8. The van der Waals surface area contributed by atoms with E-state index in [1.54, 1.807) is 84.9 Å². The Hall–Kier alpha value is -6.90. The fourth-order valence-corrected chi connectivity index (χ4v) is 9.62. The molecule has 0 atom stereocenters. The third-order valence-corrected chi connectivity index (χ3v) is 13.7. The largest absolute Gasteiger partial charge is 0.643 e. The molecule has 0 radical (unpaired) electrons. The van der Waals surface area contributed by atoms with Crippen LogP contribution in [0.2, 0.25) is 0 Å². The van der Waals surface area contributed by atoms with Gasteiger partial charge in [0.15, 0.2) is 0 Å². The number of amides is 2. The van der Waals surface area contributed by atoms with Gasteiger partial charge in [-0.3, -0.25) is 56.6 Å². The number of pyridine rings is 2. The maximum atomic E-state index is 15.0. The average Bonchev–Trinajstić information content (AvgIpc) is 3.40. The second-order valence-corrected chi connectivity index (χ2v) is 26.8. The van der Waals surface area contributed by atoms with Gasteiger partial charge in [0, 0.05) is 57.6 Å². The minimum atomic E-state index is -1.72. The summed E-state index contributed by atoms with van der Waals surface area (Å²) in [6.45, 7) is 5.45. The molecule has 4 heterocycles. The van der Waals surface area contributed by atoms with E-state index in [1.807, 2.05) is 45.2 Å². The second kappa shape index (κ2) is 27.5. The molecule has 0 aliphatic rings. The van der Waals surface area contributed by atoms with Gasteiger partial charge >= 0.3 is 22.8 Å². The van der Waals surface area contributed by atoms with Crippen LogP contribution in [0.5, 0.6) is 0 Å². The smallest absolute Gasteiger partial charge is 0.392 e. The highest BCUT2D eigenvalue weighted by atomic mass is 127. The second-order valence-electron chi connectivity index (χ2n) is 17.9. The molecule has 9 rings (SSSR count). The molecule has 27 heteroatoms. The molecule has 4 aromatic heterocycles. The number of carbonyl (C=O) groups excluding carboxylic acids is 2. The standard InChI is InChI=1S/C31H27FIN5O5.C23H19FIN5O4.CH4.Al.3ClH/c1-17-27-26(28(36(3)29(17)41)35-25-12-11-21(33)13-24(25)32)30(42)37(15-19-7-9-20(16-39)10-8-19)31(43)38(27)23-6-4-5-22(14-23)34-18(2)40;1-11-19-18(20(29(3)22(11)33)27-17-8-7-13(25)9-16(17)24)21(32)28-23(34)30(19)15-6-4-5-14(10-15)26-12(2)31;;;;;/h4-14,35,39H,15-16H2,1-3H3,(H,34,40);4-10,27H,1-3H3,(H,26,31)(H,28,32,34);1H4;;3*1H/q;;;+3;;;/p-3. The highest BCUT2D eigenvalue weighted by Gasteiger charge is 2.25. The van der Waals surface area contributed by atoms with Crippen molar-refractivity contribution >= 4 is 155 Å². The van der Waals surface area contributed by atoms with Crippen molar-refractivity contribution in [3.8, 4) is 11.4 Å². The Morgan fingerprint density at radius 1 is 0.622 bits per heavy atom. The number of anilines is 6. The molecule has 0 spiro atoms. The Morgan fingerprint density at radius 3 is 1.49 bits per heavy atom. The van der Waals surface area contributed by atoms with Gasteiger partial charge in [0.2, 0.25) is 11.8 Å². The van der Waals surface area contributed by atoms with Crippen molar-refractivity contribution in [1.82, 2.24) is 27.8 Å². The molecule has 0 saturated heterocycles. The number of nitrogens with zero attached hydrogens (tertiary/aromatic N) is 5. The SMILES string of the molecule is C.CC(=O)Nc1cccc(-n2c(=O)[nH]c(=O)c3c(Nc4ccc(I)cc4F)n(C)c(=O)c(C)c32)c1.CC(=O)Nc1cccc(-n2c(=O)n(Cc3ccc(CO)cc3)c(=O)c3c(Nc4ccc(I)cc4F)n(C)c(=O)c(C)c32)c1.[Cl][Al]([Cl])[Cl]. The molecule has 0 bridgehead atoms. The van der Waals surface area contributed by atoms with Crippen LogP contribution >= 0.6 is 75.3 Å². The zero-order chi connectivity index (χ0) is 59.3. The number of aryl methyl sites for hydroxylation is 2. The first kappa shape index (κ1) is 64.3. The molecular weight excluding hydrogens is 1370 g/mol. The third-order valence-electron chi connectivity index (χ3n) is 12.3. The van der Waals surface area contributed by atoms with E-state index in [4.69, 9.17) is 30.1 Å². The monoisotopic (exact) mass is 1420 g/mol. The number of rotatable bonds is 11. The number of aliphatic hydroxyl groups excluding tert-OH is 1. The van der Waals surface area contributed by atoms with E-state index < -0.39 is 56.6 Å². The summed E-state index contributed by atoms with van der Waals surface area (Å²) in [4.78, 5) is 106. The lowest BCUT2D eigenvalue weighted by Crippen LogP contribution is -2.41. The van der Waals surface area contributed by atoms with Crippen LogP contribution in [0.3, 0.4) is 0 Å². The molecule has 5 aromatic carbocycles. The van der Waals surface area contributed by atoms with Crippen LogP contribution in [-0.4, -0.2) is 56.1 Å². The lowest BCUT2D eigenvalue weighted by Gasteiger charge is -2.21. The van der Waals surface area contributed by atoms with E-state index in [2.05, 4.69) is 26.3 Å². The van der Waals surface area contributed by atoms with Crippen molar-refractivity contribution in [3.05, 3.63) is 213 Å². The maximum absolute atomic E-state index is 15.0. The van der Waals surface area contributed by atoms with Gasteiger partial charge < -0.3 is 26.4 Å². The van der Waals surface area contributed by atoms with Crippen LogP contribution in [0.4, 0.5) is 43.2 Å². The number of hydrogen-bond donors (Lipinski definition) is 6. The Kier molecular flexibility index (Phi) is 21.5. The van der Waals surface area contributed by atoms with Crippen LogP contribution in [0.15, 0.2) is 138 Å². The molecule has 0 saturated carbocycles. The predicted molar refractivity (Wildman–Crippen MR) is 339 cm³/mol. The number of aliphatic hydroxyl groups is 1. The minimum Gasteiger partial charge on any atom is -0.392 e. The number of fused-ring (bicyclic) bond motifs is 2. The summed E-state index contributed by atoms with van der Waals surface area (Å²) in [5.74, 6) is -1.74. The molecule has 82 heavy (non-hydrogen) atoms. The number of aromatic nitrogens is 6. The van der Waals surface area contributed by atoms with Crippen LogP contribution in [0.25, 0.3) is 33.2 Å². The van der Waals surface area contributed by atoms with Crippen molar-refractivity contribution in [2.24, 2.45) is 14.1 Å². The fourth-order valence-electron chi connectivity index (χ4n) is 8.71. The molecule has 0 aliphatic carbocycles. The van der Waals surface area contributed by atoms with Crippen LogP contribution in [0.1, 0.15) is 43.5 Å². The van der Waals surface area contributed by atoms with E-state index in [0.29, 0.717) is 41.0 Å². The molecule has 0 fully saturated rings. The third kappa shape index (κ3) is 14.3. The molecule has 0 aliphatic heterocycles. The Balaban J connectivity index is 0.000000250. The Bertz CT molecular complexity index is 4360. The van der Waals surface area contributed by atoms with Gasteiger partial charge in [-0.05, 0) is 143 Å². The van der Waals surface area contributed by atoms with Crippen molar-refractivity contribution in [2.75, 3.05) is 21.3 Å². The number of benzene rings is 5. The normalized spacial score (nSPS) is 10.7. The minimum absolute atomic E-state index is 0. The van der Waals surface area contributed by atoms with Crippen LogP contribution < -0.4 is 54.9 Å². The Morgan fingerprint density at radius 2 is 1.05 bits per heavy atom. The number of hydrogen-bond acceptors (Lipinski definition) is 11. The summed E-state index contributed by atoms with van der Waals surface area (Å²) in [5, 5.41) is 20.5. The van der Waals surface area contributed by atoms with Crippen molar-refractivity contribution in [1.29, 1.82) is 0 Å². The quantitative estimate of drug-likeness (QED) is 0.0526. The Labute approximate surface area is 509 Å². The number of aromatic amines is 1. The van der Waals surface area contributed by atoms with E-state index in [9.17, 15) is 52.2 Å². The number of nitrogens with one attached hydrogen (secondary N) is 5. The summed E-state index contributed by atoms with van der Waals surface area (Å²) in [6.07, 6.45) is 0. The maximum Gasteiger partial charge on any atom is 0.643 e. The van der Waals surface area contributed by atoms with Crippen molar-refractivity contribution in [3.63, 3.8) is 0 Å². The van der Waals surface area contributed by atoms with Crippen molar-refractivity contribution < 1.29 is 23.5 Å². The topological polar surface area (TPSA) is 245 Å². The molecule has 0 unspecified atom stereocenters. The zero-order valence-corrected chi connectivity index (χ0v) is 51.2. The lowest BCUT2D eigenvalue weighted by atomic mass is 10.1. The molecular formula is C55H50AlCl3F2I2N10O9. The first-order valence-electron chi connectivity index (χ1n) is 23.9. The van der Waals surface area contributed by atoms with Crippen LogP contribution in [-0.2, 0) is 36.8 Å². The number of carbonyl (C=O) groups is 2. The molecule has 2 amide bonds. The summed E-state index contributed by atoms with van der Waals surface area (Å²) in [6, 6.07) is 28.7. The van der Waals surface area contributed by atoms with Gasteiger partial charge in [-0.25, -0.2) is 48.5 Å². The first-order valence-corrected chi connectivity index (χ1v) is 31.3. The zero-order valence-electron chi connectivity index (χ0n) is 43.5. The molecule has 6 N–H and O–H groups in total. The van der Waals surface area contributed by atoms with E-state index in [1.165, 1.54) is 84.3 Å². The average molecular weight is 1420 g/mol. The molecule has 9 aromatic rings. The van der Waals surface area contributed by atoms with E-state index in [0.717, 1.165) is 4.57 Å². The summed E-state index contributed by atoms with van der Waals surface area (Å²) in [7, 11) is 17.7. The first-order chi connectivity index (χ1) is 38.3. The highest BCUT2D eigenvalue weighted by Crippen LogP contribution is 2.30. The molecule has 426 valence electrons. The highest BCUT2D eigenvalue weighted by molar-refractivity contribution is 14.1. The molecule has 19 nitrogen and oxygen atoms in total.